The second-order valence-corrected chi connectivity index (χ2v) is 5.09. The molecule has 0 spiro atoms. The Balaban J connectivity index is 3.71. The predicted molar refractivity (Wildman–Crippen MR) is 61.7 cm³/mol. The van der Waals surface area contributed by atoms with E-state index in [2.05, 4.69) is 6.58 Å². The number of rotatable bonds is 7. The summed E-state index contributed by atoms with van der Waals surface area (Å²) in [6.45, 7) is 5.50. The Morgan fingerprint density at radius 3 is 2.33 bits per heavy atom. The highest BCUT2D eigenvalue weighted by Gasteiger charge is 2.21. The van der Waals surface area contributed by atoms with Crippen LogP contribution in [-0.4, -0.2) is 42.4 Å². The molecule has 0 bridgehead atoms. The van der Waals surface area contributed by atoms with E-state index < -0.39 is 5.41 Å². The maximum atomic E-state index is 11.0. The van der Waals surface area contributed by atoms with Crippen LogP contribution in [-0.2, 0) is 19.0 Å². The molecule has 0 saturated heterocycles. The van der Waals surface area contributed by atoms with Gasteiger partial charge in [-0.25, -0.2) is 4.79 Å². The summed E-state index contributed by atoms with van der Waals surface area (Å²) in [5.41, 5.74) is -0.0408. The zero-order valence-corrected chi connectivity index (χ0v) is 12.0. The van der Waals surface area contributed by atoms with Crippen LogP contribution in [0.15, 0.2) is 12.2 Å². The quantitative estimate of drug-likeness (QED) is 0.207. The van der Waals surface area contributed by atoms with Gasteiger partial charge in [-0.1, -0.05) is 6.58 Å². The fraction of sp³-hybridized carbons (Fsp3) is 0.700. The summed E-state index contributed by atoms with van der Waals surface area (Å²) in [7, 11) is 4.02. The van der Waals surface area contributed by atoms with Crippen LogP contribution in [0, 0.1) is 0 Å². The van der Waals surface area contributed by atoms with Crippen molar-refractivity contribution >= 4 is 16.2 Å². The van der Waals surface area contributed by atoms with E-state index in [0.717, 1.165) is 23.1 Å². The molecule has 0 atom stereocenters. The van der Waals surface area contributed by atoms with Crippen LogP contribution in [0.3, 0.4) is 0 Å². The summed E-state index contributed by atoms with van der Waals surface area (Å²) < 4.78 is 15.4. The summed E-state index contributed by atoms with van der Waals surface area (Å²) in [4.78, 5) is 11.0. The highest BCUT2D eigenvalue weighted by atomic mass is 28.1. The molecule has 0 aromatic heterocycles. The van der Waals surface area contributed by atoms with Crippen molar-refractivity contribution in [1.29, 1.82) is 0 Å². The molecule has 0 unspecified atom stereocenters. The van der Waals surface area contributed by atoms with Crippen LogP contribution in [0.4, 0.5) is 0 Å². The van der Waals surface area contributed by atoms with Crippen LogP contribution < -0.4 is 0 Å². The van der Waals surface area contributed by atoms with Gasteiger partial charge in [0.25, 0.3) is 0 Å². The van der Waals surface area contributed by atoms with Crippen LogP contribution in [0.2, 0.25) is 0 Å². The van der Waals surface area contributed by atoms with Crippen molar-refractivity contribution < 1.29 is 19.0 Å². The van der Waals surface area contributed by atoms with Crippen molar-refractivity contribution in [2.45, 2.75) is 25.2 Å². The van der Waals surface area contributed by atoms with Crippen molar-refractivity contribution in [3.05, 3.63) is 12.2 Å². The van der Waals surface area contributed by atoms with Crippen molar-refractivity contribution in [2.75, 3.05) is 20.8 Å². The Hall–Kier alpha value is -0.653. The van der Waals surface area contributed by atoms with Gasteiger partial charge in [-0.05, 0) is 19.8 Å². The van der Waals surface area contributed by atoms with Gasteiger partial charge < -0.3 is 14.2 Å². The minimum atomic E-state index is -0.463. The van der Waals surface area contributed by atoms with Crippen LogP contribution >= 0.6 is 0 Å². The van der Waals surface area contributed by atoms with E-state index in [9.17, 15) is 4.79 Å². The monoisotopic (exact) mass is 232 g/mol. The number of ether oxygens (including phenoxy) is 3. The third kappa shape index (κ3) is 5.71. The van der Waals surface area contributed by atoms with Crippen molar-refractivity contribution in [1.82, 2.24) is 0 Å². The first kappa shape index (κ1) is 14.3. The first-order chi connectivity index (χ1) is 6.95. The summed E-state index contributed by atoms with van der Waals surface area (Å²) in [5, 5.41) is 0. The molecule has 0 amide bonds. The Morgan fingerprint density at radius 1 is 1.40 bits per heavy atom. The fourth-order valence-corrected chi connectivity index (χ4v) is 1.32. The largest absolute Gasteiger partial charge is 0.462 e. The summed E-state index contributed by atoms with van der Waals surface area (Å²) >= 11 is 0. The zero-order valence-electron chi connectivity index (χ0n) is 9.96. The molecule has 0 rings (SSSR count). The van der Waals surface area contributed by atoms with E-state index >= 15 is 0 Å². The van der Waals surface area contributed by atoms with E-state index in [1.807, 2.05) is 0 Å². The third-order valence-corrected chi connectivity index (χ3v) is 3.54. The Labute approximate surface area is 94.0 Å². The van der Waals surface area contributed by atoms with Crippen molar-refractivity contribution in [2.24, 2.45) is 0 Å². The molecule has 0 aliphatic rings. The molecule has 0 aliphatic heterocycles. The summed E-state index contributed by atoms with van der Waals surface area (Å²) in [6, 6.07) is 0. The van der Waals surface area contributed by atoms with Gasteiger partial charge in [0.15, 0.2) is 0 Å². The Bertz CT molecular complexity index is 223. The molecule has 0 heterocycles. The lowest BCUT2D eigenvalue weighted by molar-refractivity contribution is -0.152. The molecule has 15 heavy (non-hydrogen) atoms. The minimum Gasteiger partial charge on any atom is -0.462 e. The third-order valence-electron chi connectivity index (χ3n) is 2.22. The van der Waals surface area contributed by atoms with E-state index in [0.29, 0.717) is 12.2 Å². The SMILES string of the molecule is C=C(C)C(=O)OCCCC([SiH3])(OC)OC. The van der Waals surface area contributed by atoms with E-state index in [-0.39, 0.29) is 5.97 Å². The van der Waals surface area contributed by atoms with E-state index in [4.69, 9.17) is 14.2 Å². The molecule has 0 fully saturated rings. The van der Waals surface area contributed by atoms with Gasteiger partial charge in [-0.3, -0.25) is 0 Å². The Kier molecular flexibility index (Phi) is 6.47. The maximum absolute atomic E-state index is 11.0. The minimum absolute atomic E-state index is 0.344. The highest BCUT2D eigenvalue weighted by molar-refractivity contribution is 6.13. The molecule has 5 heteroatoms. The average Bonchev–Trinajstić information content (AvgIpc) is 2.23. The smallest absolute Gasteiger partial charge is 0.333 e. The number of hydrogen-bond donors (Lipinski definition) is 0. The lowest BCUT2D eigenvalue weighted by Crippen LogP contribution is -2.34. The average molecular weight is 232 g/mol. The number of esters is 1. The molecule has 88 valence electrons. The van der Waals surface area contributed by atoms with E-state index in [1.54, 1.807) is 21.1 Å². The number of hydrogen-bond acceptors (Lipinski definition) is 4. The molecule has 0 aromatic rings. The molecule has 0 aromatic carbocycles. The van der Waals surface area contributed by atoms with Gasteiger partial charge in [0.05, 0.1) is 16.8 Å². The standard InChI is InChI=1S/C10H20O4Si/c1-8(2)9(11)14-7-5-6-10(15,12-3)13-4/h1,5-7H2,2-4,15H3. The molecule has 0 radical (unpaired) electrons. The molecular formula is C10H20O4Si. The topological polar surface area (TPSA) is 44.8 Å². The lowest BCUT2D eigenvalue weighted by atomic mass is 10.3. The van der Waals surface area contributed by atoms with Gasteiger partial charge in [-0.2, -0.15) is 0 Å². The zero-order chi connectivity index (χ0) is 11.9. The van der Waals surface area contributed by atoms with Crippen molar-refractivity contribution in [3.8, 4) is 0 Å². The van der Waals surface area contributed by atoms with Gasteiger partial charge in [-0.15, -0.1) is 0 Å². The molecule has 0 aliphatic carbocycles. The molecule has 0 saturated carbocycles. The van der Waals surface area contributed by atoms with Gasteiger partial charge >= 0.3 is 5.97 Å². The van der Waals surface area contributed by atoms with Gasteiger partial charge in [0.1, 0.15) is 5.41 Å². The van der Waals surface area contributed by atoms with Gasteiger partial charge in [0, 0.05) is 19.8 Å². The molecular weight excluding hydrogens is 212 g/mol. The number of carbonyl (C=O) groups excluding carboxylic acids is 1. The Morgan fingerprint density at radius 2 is 1.93 bits per heavy atom. The second kappa shape index (κ2) is 6.76. The summed E-state index contributed by atoms with van der Waals surface area (Å²) in [5.74, 6) is -0.344. The number of methoxy groups -OCH3 is 2. The second-order valence-electron chi connectivity index (χ2n) is 3.56. The highest BCUT2D eigenvalue weighted by Crippen LogP contribution is 2.13. The normalized spacial score (nSPS) is 11.4. The van der Waals surface area contributed by atoms with Crippen LogP contribution in [0.25, 0.3) is 0 Å². The lowest BCUT2D eigenvalue weighted by Gasteiger charge is -2.26. The predicted octanol–water partition coefficient (Wildman–Crippen LogP) is 0.198. The van der Waals surface area contributed by atoms with Gasteiger partial charge in [0.2, 0.25) is 0 Å². The van der Waals surface area contributed by atoms with Crippen molar-refractivity contribution in [3.63, 3.8) is 0 Å². The molecule has 0 N–H and O–H groups in total. The first-order valence-corrected chi connectivity index (χ1v) is 5.88. The first-order valence-electron chi connectivity index (χ1n) is 4.88. The van der Waals surface area contributed by atoms with Crippen LogP contribution in [0.1, 0.15) is 19.8 Å². The van der Waals surface area contributed by atoms with Crippen LogP contribution in [0.5, 0.6) is 0 Å². The summed E-state index contributed by atoms with van der Waals surface area (Å²) in [6.07, 6.45) is 1.46. The fourth-order valence-electron chi connectivity index (χ4n) is 0.969. The van der Waals surface area contributed by atoms with E-state index in [1.165, 1.54) is 0 Å². The number of carbonyl (C=O) groups is 1. The molecule has 4 nitrogen and oxygen atoms in total. The maximum Gasteiger partial charge on any atom is 0.333 e.